The summed E-state index contributed by atoms with van der Waals surface area (Å²) in [5.41, 5.74) is 3.99. The fourth-order valence-electron chi connectivity index (χ4n) is 3.29. The number of carbonyl (C=O) groups is 1. The van der Waals surface area contributed by atoms with Gasteiger partial charge in [-0.05, 0) is 42.3 Å². The van der Waals surface area contributed by atoms with Crippen molar-refractivity contribution < 1.29 is 9.32 Å². The quantitative estimate of drug-likeness (QED) is 0.743. The van der Waals surface area contributed by atoms with Crippen molar-refractivity contribution in [1.29, 1.82) is 0 Å². The summed E-state index contributed by atoms with van der Waals surface area (Å²) in [6.07, 6.45) is 3.52. The van der Waals surface area contributed by atoms with Crippen molar-refractivity contribution in [2.75, 3.05) is 13.1 Å². The van der Waals surface area contributed by atoms with Crippen molar-refractivity contribution in [3.63, 3.8) is 0 Å². The van der Waals surface area contributed by atoms with Crippen LogP contribution in [0.15, 0.2) is 28.2 Å². The number of aryl methyl sites for hydroxylation is 1. The number of aromatic nitrogens is 3. The van der Waals surface area contributed by atoms with Gasteiger partial charge in [0.25, 0.3) is 5.89 Å². The Morgan fingerprint density at radius 2 is 2.33 bits per heavy atom. The van der Waals surface area contributed by atoms with Crippen LogP contribution in [-0.4, -0.2) is 39.1 Å². The molecule has 1 aliphatic heterocycles. The molecule has 140 valence electrons. The lowest BCUT2D eigenvalue weighted by atomic mass is 9.94. The van der Waals surface area contributed by atoms with Gasteiger partial charge in [-0.25, -0.2) is 4.79 Å². The molecule has 0 unspecified atom stereocenters. The lowest BCUT2D eigenvalue weighted by Crippen LogP contribution is -2.43. The number of thiophene rings is 1. The fourth-order valence-corrected chi connectivity index (χ4v) is 3.93. The molecular formula is C19H21N5O2S. The van der Waals surface area contributed by atoms with Crippen LogP contribution < -0.4 is 5.32 Å². The summed E-state index contributed by atoms with van der Waals surface area (Å²) in [7, 11) is 0. The largest absolute Gasteiger partial charge is 0.338 e. The first kappa shape index (κ1) is 17.7. The third kappa shape index (κ3) is 3.44. The number of rotatable bonds is 4. The Morgan fingerprint density at radius 3 is 3.11 bits per heavy atom. The van der Waals surface area contributed by atoms with Gasteiger partial charge in [-0.1, -0.05) is 18.1 Å². The number of nitrogens with zero attached hydrogens (tertiary/aromatic N) is 4. The molecule has 0 radical (unpaired) electrons. The molecule has 2 amide bonds. The van der Waals surface area contributed by atoms with Crippen molar-refractivity contribution in [2.24, 2.45) is 0 Å². The molecule has 8 heteroatoms. The predicted molar refractivity (Wildman–Crippen MR) is 103 cm³/mol. The number of nitrogens with one attached hydrogen (secondary N) is 1. The van der Waals surface area contributed by atoms with Crippen LogP contribution in [-0.2, 0) is 13.0 Å². The fraction of sp³-hybridized carbons (Fsp3) is 0.368. The van der Waals surface area contributed by atoms with E-state index in [9.17, 15) is 4.79 Å². The number of urea groups is 1. The average molecular weight is 383 g/mol. The van der Waals surface area contributed by atoms with E-state index in [1.165, 1.54) is 0 Å². The summed E-state index contributed by atoms with van der Waals surface area (Å²) < 4.78 is 5.46. The molecule has 4 rings (SSSR count). The Kier molecular flexibility index (Phi) is 4.89. The first-order valence-electron chi connectivity index (χ1n) is 9.05. The van der Waals surface area contributed by atoms with Gasteiger partial charge in [-0.15, -0.1) is 11.3 Å². The second-order valence-corrected chi connectivity index (χ2v) is 7.47. The van der Waals surface area contributed by atoms with E-state index in [-0.39, 0.29) is 6.03 Å². The van der Waals surface area contributed by atoms with Gasteiger partial charge < -0.3 is 14.7 Å². The molecule has 0 saturated heterocycles. The predicted octanol–water partition coefficient (Wildman–Crippen LogP) is 3.65. The lowest BCUT2D eigenvalue weighted by Gasteiger charge is -2.30. The highest BCUT2D eigenvalue weighted by atomic mass is 32.1. The van der Waals surface area contributed by atoms with E-state index in [2.05, 4.69) is 20.4 Å². The maximum Gasteiger partial charge on any atom is 0.317 e. The van der Waals surface area contributed by atoms with Gasteiger partial charge in [0.05, 0.1) is 4.88 Å². The Balaban J connectivity index is 1.64. The number of carbonyl (C=O) groups excluding carboxylic acids is 1. The van der Waals surface area contributed by atoms with Gasteiger partial charge in [-0.2, -0.15) is 4.98 Å². The smallest absolute Gasteiger partial charge is 0.317 e. The number of hydrogen-bond acceptors (Lipinski definition) is 6. The average Bonchev–Trinajstić information content (AvgIpc) is 3.37. The summed E-state index contributed by atoms with van der Waals surface area (Å²) in [5, 5.41) is 9.11. The summed E-state index contributed by atoms with van der Waals surface area (Å²) in [6.45, 7) is 5.89. The van der Waals surface area contributed by atoms with E-state index in [0.29, 0.717) is 31.3 Å². The Labute approximate surface area is 161 Å². The van der Waals surface area contributed by atoms with Crippen molar-refractivity contribution in [2.45, 2.75) is 33.2 Å². The summed E-state index contributed by atoms with van der Waals surface area (Å²) in [5.74, 6) is 1.08. The maximum atomic E-state index is 12.3. The van der Waals surface area contributed by atoms with Gasteiger partial charge in [0.2, 0.25) is 5.82 Å². The van der Waals surface area contributed by atoms with Crippen LogP contribution in [0.1, 0.15) is 30.2 Å². The van der Waals surface area contributed by atoms with E-state index >= 15 is 0 Å². The molecule has 0 fully saturated rings. The van der Waals surface area contributed by atoms with Gasteiger partial charge in [0.1, 0.15) is 0 Å². The van der Waals surface area contributed by atoms with Crippen molar-refractivity contribution >= 4 is 17.4 Å². The number of fused-ring (bicyclic) bond motifs is 1. The SMILES string of the molecule is CCCNC(=O)N1CCc2c(cnc(C)c2-c2noc(-c3cccs3)n2)C1. The molecule has 1 N–H and O–H groups in total. The number of amides is 2. The van der Waals surface area contributed by atoms with Crippen LogP contribution in [0.4, 0.5) is 4.79 Å². The van der Waals surface area contributed by atoms with Gasteiger partial charge in [0, 0.05) is 37.1 Å². The van der Waals surface area contributed by atoms with Crippen LogP contribution in [0.5, 0.6) is 0 Å². The van der Waals surface area contributed by atoms with E-state index in [1.807, 2.05) is 42.5 Å². The lowest BCUT2D eigenvalue weighted by molar-refractivity contribution is 0.192. The minimum absolute atomic E-state index is 0.0239. The topological polar surface area (TPSA) is 84.2 Å². The molecule has 0 spiro atoms. The normalized spacial score (nSPS) is 13.5. The molecule has 0 aromatic carbocycles. The molecule has 0 atom stereocenters. The third-order valence-corrected chi connectivity index (χ3v) is 5.51. The van der Waals surface area contributed by atoms with Crippen LogP contribution in [0.3, 0.4) is 0 Å². The molecule has 27 heavy (non-hydrogen) atoms. The highest BCUT2D eigenvalue weighted by Crippen LogP contribution is 2.32. The second-order valence-electron chi connectivity index (χ2n) is 6.53. The van der Waals surface area contributed by atoms with Crippen LogP contribution in [0.25, 0.3) is 22.2 Å². The van der Waals surface area contributed by atoms with Crippen LogP contribution in [0, 0.1) is 6.92 Å². The molecule has 7 nitrogen and oxygen atoms in total. The first-order chi connectivity index (χ1) is 13.2. The van der Waals surface area contributed by atoms with E-state index in [0.717, 1.165) is 40.1 Å². The van der Waals surface area contributed by atoms with Crippen LogP contribution in [0.2, 0.25) is 0 Å². The standard InChI is InChI=1S/C19H21N5O2S/c1-3-7-20-19(25)24-8-6-14-13(11-24)10-21-12(2)16(14)17-22-18(26-23-17)15-5-4-9-27-15/h4-5,9-10H,3,6-8,11H2,1-2H3,(H,20,25). The molecule has 0 aliphatic carbocycles. The zero-order chi connectivity index (χ0) is 18.8. The highest BCUT2D eigenvalue weighted by molar-refractivity contribution is 7.13. The summed E-state index contributed by atoms with van der Waals surface area (Å²) >= 11 is 1.56. The van der Waals surface area contributed by atoms with Crippen LogP contribution >= 0.6 is 11.3 Å². The number of hydrogen-bond donors (Lipinski definition) is 1. The minimum Gasteiger partial charge on any atom is -0.338 e. The third-order valence-electron chi connectivity index (χ3n) is 4.65. The second kappa shape index (κ2) is 7.48. The van der Waals surface area contributed by atoms with Crippen molar-refractivity contribution in [3.05, 3.63) is 40.5 Å². The number of pyridine rings is 1. The Hall–Kier alpha value is -2.74. The zero-order valence-electron chi connectivity index (χ0n) is 15.4. The minimum atomic E-state index is -0.0239. The molecule has 0 saturated carbocycles. The molecular weight excluding hydrogens is 362 g/mol. The summed E-state index contributed by atoms with van der Waals surface area (Å²) in [4.78, 5) is 24.2. The summed E-state index contributed by atoms with van der Waals surface area (Å²) in [6, 6.07) is 3.89. The van der Waals surface area contributed by atoms with Crippen molar-refractivity contribution in [3.8, 4) is 22.2 Å². The van der Waals surface area contributed by atoms with Gasteiger partial charge in [-0.3, -0.25) is 4.98 Å². The zero-order valence-corrected chi connectivity index (χ0v) is 16.2. The maximum absolute atomic E-state index is 12.3. The van der Waals surface area contributed by atoms with Crippen molar-refractivity contribution in [1.82, 2.24) is 25.3 Å². The Bertz CT molecular complexity index is 951. The highest BCUT2D eigenvalue weighted by Gasteiger charge is 2.26. The Morgan fingerprint density at radius 1 is 1.44 bits per heavy atom. The van der Waals surface area contributed by atoms with E-state index in [4.69, 9.17) is 4.52 Å². The molecule has 0 bridgehead atoms. The van der Waals surface area contributed by atoms with Gasteiger partial charge in [0.15, 0.2) is 0 Å². The monoisotopic (exact) mass is 383 g/mol. The van der Waals surface area contributed by atoms with E-state index < -0.39 is 0 Å². The molecule has 3 aromatic rings. The van der Waals surface area contributed by atoms with E-state index in [1.54, 1.807) is 11.3 Å². The van der Waals surface area contributed by atoms with Gasteiger partial charge >= 0.3 is 6.03 Å². The molecule has 4 heterocycles. The molecule has 3 aromatic heterocycles. The molecule has 1 aliphatic rings. The first-order valence-corrected chi connectivity index (χ1v) is 9.93.